The van der Waals surface area contributed by atoms with Crippen LogP contribution in [0.4, 0.5) is 5.82 Å². The quantitative estimate of drug-likeness (QED) is 0.431. The Kier molecular flexibility index (Phi) is 4.09. The predicted molar refractivity (Wildman–Crippen MR) is 121 cm³/mol. The van der Waals surface area contributed by atoms with Crippen LogP contribution in [0.3, 0.4) is 0 Å². The summed E-state index contributed by atoms with van der Waals surface area (Å²) in [7, 11) is 0. The fourth-order valence-corrected chi connectivity index (χ4v) is 4.36. The Hall–Kier alpha value is -3.93. The number of amides is 1. The summed E-state index contributed by atoms with van der Waals surface area (Å²) in [5, 5.41) is 3.22. The molecular formula is C25H20N4O2. The van der Waals surface area contributed by atoms with Gasteiger partial charge in [0, 0.05) is 37.1 Å². The summed E-state index contributed by atoms with van der Waals surface area (Å²) in [6.07, 6.45) is 1.59. The zero-order chi connectivity index (χ0) is 20.8. The Balaban J connectivity index is 1.24. The first-order valence-electron chi connectivity index (χ1n) is 10.4. The third kappa shape index (κ3) is 2.99. The molecule has 1 aliphatic heterocycles. The summed E-state index contributed by atoms with van der Waals surface area (Å²) in [6, 6.07) is 21.9. The van der Waals surface area contributed by atoms with Crippen LogP contribution in [0, 0.1) is 0 Å². The van der Waals surface area contributed by atoms with E-state index in [1.807, 2.05) is 65.6 Å². The molecule has 5 aromatic rings. The van der Waals surface area contributed by atoms with Gasteiger partial charge in [-0.05, 0) is 35.0 Å². The maximum atomic E-state index is 13.1. The number of carbonyl (C=O) groups is 1. The van der Waals surface area contributed by atoms with Gasteiger partial charge in [-0.15, -0.1) is 0 Å². The summed E-state index contributed by atoms with van der Waals surface area (Å²) >= 11 is 0. The summed E-state index contributed by atoms with van der Waals surface area (Å²) in [4.78, 5) is 26.1. The maximum Gasteiger partial charge on any atom is 0.253 e. The van der Waals surface area contributed by atoms with Gasteiger partial charge in [-0.25, -0.2) is 9.97 Å². The van der Waals surface area contributed by atoms with Gasteiger partial charge in [-0.1, -0.05) is 42.5 Å². The van der Waals surface area contributed by atoms with Gasteiger partial charge in [0.1, 0.15) is 17.4 Å². The fourth-order valence-electron chi connectivity index (χ4n) is 4.36. The van der Waals surface area contributed by atoms with Gasteiger partial charge in [0.2, 0.25) is 0 Å². The van der Waals surface area contributed by atoms with E-state index >= 15 is 0 Å². The van der Waals surface area contributed by atoms with E-state index in [1.54, 1.807) is 6.33 Å². The number of anilines is 1. The highest BCUT2D eigenvalue weighted by Gasteiger charge is 2.25. The number of para-hydroxylation sites is 1. The molecular weight excluding hydrogens is 388 g/mol. The van der Waals surface area contributed by atoms with Crippen molar-refractivity contribution in [2.75, 3.05) is 31.1 Å². The SMILES string of the molecule is O=C(c1ccc2ccccc2c1)N1CCN(c2ncnc3c2oc2ccccc23)CC1. The minimum absolute atomic E-state index is 0.0713. The summed E-state index contributed by atoms with van der Waals surface area (Å²) in [5.41, 5.74) is 3.08. The number of aromatic nitrogens is 2. The van der Waals surface area contributed by atoms with Crippen LogP contribution in [0.25, 0.3) is 32.8 Å². The Morgan fingerprint density at radius 3 is 2.48 bits per heavy atom. The van der Waals surface area contributed by atoms with Crippen molar-refractivity contribution in [2.45, 2.75) is 0 Å². The van der Waals surface area contributed by atoms with Crippen LogP contribution in [0.2, 0.25) is 0 Å². The van der Waals surface area contributed by atoms with Crippen LogP contribution in [0.15, 0.2) is 77.5 Å². The van der Waals surface area contributed by atoms with Gasteiger partial charge in [0.05, 0.1) is 0 Å². The van der Waals surface area contributed by atoms with Crippen LogP contribution >= 0.6 is 0 Å². The number of fused-ring (bicyclic) bond motifs is 4. The molecule has 0 aliphatic carbocycles. The summed E-state index contributed by atoms with van der Waals surface area (Å²) < 4.78 is 6.07. The van der Waals surface area contributed by atoms with Crippen molar-refractivity contribution in [1.29, 1.82) is 0 Å². The number of nitrogens with zero attached hydrogens (tertiary/aromatic N) is 4. The average molecular weight is 408 g/mol. The van der Waals surface area contributed by atoms with Crippen molar-refractivity contribution in [3.05, 3.63) is 78.6 Å². The van der Waals surface area contributed by atoms with Crippen LogP contribution < -0.4 is 4.90 Å². The maximum absolute atomic E-state index is 13.1. The Morgan fingerprint density at radius 2 is 1.61 bits per heavy atom. The lowest BCUT2D eigenvalue weighted by Crippen LogP contribution is -2.49. The average Bonchev–Trinajstić information content (AvgIpc) is 3.22. The number of benzene rings is 3. The molecule has 152 valence electrons. The molecule has 0 atom stereocenters. The largest absolute Gasteiger partial charge is 0.450 e. The van der Waals surface area contributed by atoms with Crippen LogP contribution in [-0.2, 0) is 0 Å². The molecule has 1 aliphatic rings. The predicted octanol–water partition coefficient (Wildman–Crippen LogP) is 4.49. The molecule has 6 rings (SSSR count). The van der Waals surface area contributed by atoms with Gasteiger partial charge in [-0.2, -0.15) is 0 Å². The van der Waals surface area contributed by atoms with Gasteiger partial charge in [0.15, 0.2) is 11.4 Å². The second-order valence-electron chi connectivity index (χ2n) is 7.81. The number of piperazine rings is 1. The molecule has 1 fully saturated rings. The highest BCUT2D eigenvalue weighted by molar-refractivity contribution is 6.05. The van der Waals surface area contributed by atoms with E-state index < -0.39 is 0 Å². The van der Waals surface area contributed by atoms with E-state index in [-0.39, 0.29) is 5.91 Å². The fraction of sp³-hybridized carbons (Fsp3) is 0.160. The normalized spacial score (nSPS) is 14.6. The Bertz CT molecular complexity index is 1430. The Morgan fingerprint density at radius 1 is 0.839 bits per heavy atom. The van der Waals surface area contributed by atoms with Gasteiger partial charge in [0.25, 0.3) is 5.91 Å². The number of rotatable bonds is 2. The lowest BCUT2D eigenvalue weighted by molar-refractivity contribution is 0.0747. The topological polar surface area (TPSA) is 62.5 Å². The van der Waals surface area contributed by atoms with Crippen LogP contribution in [0.5, 0.6) is 0 Å². The molecule has 1 amide bonds. The zero-order valence-corrected chi connectivity index (χ0v) is 16.9. The number of carbonyl (C=O) groups excluding carboxylic acids is 1. The van der Waals surface area contributed by atoms with E-state index in [2.05, 4.69) is 20.9 Å². The highest BCUT2D eigenvalue weighted by Crippen LogP contribution is 2.32. The van der Waals surface area contributed by atoms with Gasteiger partial charge < -0.3 is 14.2 Å². The van der Waals surface area contributed by atoms with Gasteiger partial charge in [-0.3, -0.25) is 4.79 Å². The molecule has 2 aromatic heterocycles. The molecule has 0 unspecified atom stereocenters. The van der Waals surface area contributed by atoms with E-state index in [9.17, 15) is 4.79 Å². The highest BCUT2D eigenvalue weighted by atomic mass is 16.3. The lowest BCUT2D eigenvalue weighted by atomic mass is 10.1. The molecule has 0 spiro atoms. The van der Waals surface area contributed by atoms with Crippen LogP contribution in [-0.4, -0.2) is 47.0 Å². The second-order valence-corrected chi connectivity index (χ2v) is 7.81. The minimum atomic E-state index is 0.0713. The molecule has 0 N–H and O–H groups in total. The van der Waals surface area contributed by atoms with Crippen molar-refractivity contribution in [1.82, 2.24) is 14.9 Å². The number of hydrogen-bond acceptors (Lipinski definition) is 5. The van der Waals surface area contributed by atoms with E-state index in [4.69, 9.17) is 4.42 Å². The summed E-state index contributed by atoms with van der Waals surface area (Å²) in [5.74, 6) is 0.862. The van der Waals surface area contributed by atoms with E-state index in [1.165, 1.54) is 0 Å². The van der Waals surface area contributed by atoms with Gasteiger partial charge >= 0.3 is 0 Å². The number of hydrogen-bond donors (Lipinski definition) is 0. The first kappa shape index (κ1) is 17.9. The third-order valence-electron chi connectivity index (χ3n) is 6.00. The lowest BCUT2D eigenvalue weighted by Gasteiger charge is -2.35. The first-order chi connectivity index (χ1) is 15.3. The molecule has 3 heterocycles. The van der Waals surface area contributed by atoms with Crippen LogP contribution in [0.1, 0.15) is 10.4 Å². The molecule has 31 heavy (non-hydrogen) atoms. The number of furan rings is 1. The van der Waals surface area contributed by atoms with Crippen molar-refractivity contribution in [3.63, 3.8) is 0 Å². The van der Waals surface area contributed by atoms with Crippen molar-refractivity contribution >= 4 is 44.6 Å². The second kappa shape index (κ2) is 7.09. The molecule has 0 saturated carbocycles. The third-order valence-corrected chi connectivity index (χ3v) is 6.00. The smallest absolute Gasteiger partial charge is 0.253 e. The molecule has 0 bridgehead atoms. The Labute approximate surface area is 178 Å². The monoisotopic (exact) mass is 408 g/mol. The summed E-state index contributed by atoms with van der Waals surface area (Å²) in [6.45, 7) is 2.67. The molecule has 6 nitrogen and oxygen atoms in total. The molecule has 1 saturated heterocycles. The van der Waals surface area contributed by atoms with E-state index in [0.29, 0.717) is 31.8 Å². The minimum Gasteiger partial charge on any atom is -0.450 e. The van der Waals surface area contributed by atoms with Crippen molar-refractivity contribution in [3.8, 4) is 0 Å². The molecule has 0 radical (unpaired) electrons. The first-order valence-corrected chi connectivity index (χ1v) is 10.4. The standard InChI is InChI=1S/C25H20N4O2/c30-25(19-10-9-17-5-1-2-6-18(17)15-19)29-13-11-28(12-14-29)24-23-22(26-16-27-24)20-7-3-4-8-21(20)31-23/h1-10,15-16H,11-14H2. The molecule has 6 heteroatoms. The van der Waals surface area contributed by atoms with E-state index in [0.717, 1.165) is 38.6 Å². The van der Waals surface area contributed by atoms with Crippen molar-refractivity contribution in [2.24, 2.45) is 0 Å². The van der Waals surface area contributed by atoms with Crippen molar-refractivity contribution < 1.29 is 9.21 Å². The molecule has 3 aromatic carbocycles. The zero-order valence-electron chi connectivity index (χ0n) is 16.9.